The molecular weight excluding hydrogens is 206 g/mol. The number of aryl methyl sites for hydroxylation is 2. The largest absolute Gasteiger partial charge is 0.385 e. The molecule has 0 unspecified atom stereocenters. The van der Waals surface area contributed by atoms with Crippen LogP contribution in [0.2, 0.25) is 0 Å². The minimum atomic E-state index is 0.974. The fourth-order valence-electron chi connectivity index (χ4n) is 2.97. The molecule has 0 atom stereocenters. The van der Waals surface area contributed by atoms with Gasteiger partial charge in [-0.2, -0.15) is 0 Å². The molecule has 1 aliphatic carbocycles. The lowest BCUT2D eigenvalue weighted by Gasteiger charge is -2.21. The summed E-state index contributed by atoms with van der Waals surface area (Å²) >= 11 is 0. The Morgan fingerprint density at radius 3 is 2.29 bits per heavy atom. The Morgan fingerprint density at radius 1 is 1.00 bits per heavy atom. The summed E-state index contributed by atoms with van der Waals surface area (Å²) < 4.78 is 0. The SMILES string of the molecule is Cc1cc(C)cc(NCCC2CCCCC2)c1. The normalized spacial score (nSPS) is 17.1. The molecule has 1 heteroatoms. The van der Waals surface area contributed by atoms with Gasteiger partial charge in [0.25, 0.3) is 0 Å². The highest BCUT2D eigenvalue weighted by Crippen LogP contribution is 2.26. The van der Waals surface area contributed by atoms with E-state index in [0.29, 0.717) is 0 Å². The lowest BCUT2D eigenvalue weighted by molar-refractivity contribution is 0.345. The standard InChI is InChI=1S/C16H25N/c1-13-10-14(2)12-16(11-13)17-9-8-15-6-4-3-5-7-15/h10-12,15,17H,3-9H2,1-2H3. The molecule has 94 valence electrons. The van der Waals surface area contributed by atoms with Gasteiger partial charge in [0.05, 0.1) is 0 Å². The number of anilines is 1. The highest BCUT2D eigenvalue weighted by atomic mass is 14.9. The molecule has 0 aromatic heterocycles. The third-order valence-corrected chi connectivity index (χ3v) is 3.83. The molecule has 0 radical (unpaired) electrons. The Kier molecular flexibility index (Phi) is 4.47. The maximum atomic E-state index is 3.57. The van der Waals surface area contributed by atoms with Crippen molar-refractivity contribution in [2.45, 2.75) is 52.4 Å². The molecular formula is C16H25N. The van der Waals surface area contributed by atoms with Crippen LogP contribution in [-0.4, -0.2) is 6.54 Å². The van der Waals surface area contributed by atoms with Crippen molar-refractivity contribution in [1.29, 1.82) is 0 Å². The van der Waals surface area contributed by atoms with E-state index in [-0.39, 0.29) is 0 Å². The van der Waals surface area contributed by atoms with Crippen molar-refractivity contribution in [3.8, 4) is 0 Å². The van der Waals surface area contributed by atoms with Gasteiger partial charge in [-0.1, -0.05) is 38.2 Å². The highest BCUT2D eigenvalue weighted by Gasteiger charge is 2.12. The van der Waals surface area contributed by atoms with Crippen LogP contribution in [0.5, 0.6) is 0 Å². The van der Waals surface area contributed by atoms with E-state index in [4.69, 9.17) is 0 Å². The first kappa shape index (κ1) is 12.5. The second-order valence-electron chi connectivity index (χ2n) is 5.60. The first-order valence-corrected chi connectivity index (χ1v) is 7.06. The van der Waals surface area contributed by atoms with Crippen molar-refractivity contribution in [3.05, 3.63) is 29.3 Å². The molecule has 2 rings (SSSR count). The van der Waals surface area contributed by atoms with Crippen LogP contribution >= 0.6 is 0 Å². The molecule has 1 aromatic rings. The van der Waals surface area contributed by atoms with Gasteiger partial charge in [0, 0.05) is 12.2 Å². The third-order valence-electron chi connectivity index (χ3n) is 3.83. The van der Waals surface area contributed by atoms with Gasteiger partial charge in [-0.05, 0) is 49.4 Å². The summed E-state index contributed by atoms with van der Waals surface area (Å²) in [5, 5.41) is 3.57. The average Bonchev–Trinajstić information content (AvgIpc) is 2.29. The van der Waals surface area contributed by atoms with E-state index < -0.39 is 0 Å². The lowest BCUT2D eigenvalue weighted by Crippen LogP contribution is -2.12. The number of rotatable bonds is 4. The predicted molar refractivity (Wildman–Crippen MR) is 75.6 cm³/mol. The number of hydrogen-bond donors (Lipinski definition) is 1. The summed E-state index contributed by atoms with van der Waals surface area (Å²) in [6, 6.07) is 6.72. The van der Waals surface area contributed by atoms with Crippen LogP contribution in [0, 0.1) is 19.8 Å². The van der Waals surface area contributed by atoms with Crippen LogP contribution in [0.3, 0.4) is 0 Å². The molecule has 0 aliphatic heterocycles. The Labute approximate surface area is 106 Å². The summed E-state index contributed by atoms with van der Waals surface area (Å²) in [7, 11) is 0. The Morgan fingerprint density at radius 2 is 1.65 bits per heavy atom. The van der Waals surface area contributed by atoms with E-state index in [1.54, 1.807) is 0 Å². The molecule has 0 amide bonds. The second-order valence-corrected chi connectivity index (χ2v) is 5.60. The second kappa shape index (κ2) is 6.09. The zero-order valence-electron chi connectivity index (χ0n) is 11.3. The maximum Gasteiger partial charge on any atom is 0.0345 e. The van der Waals surface area contributed by atoms with Crippen molar-refractivity contribution in [2.75, 3.05) is 11.9 Å². The first-order valence-electron chi connectivity index (χ1n) is 7.06. The summed E-state index contributed by atoms with van der Waals surface area (Å²) in [5.41, 5.74) is 3.99. The molecule has 1 saturated carbocycles. The molecule has 0 heterocycles. The quantitative estimate of drug-likeness (QED) is 0.793. The lowest BCUT2D eigenvalue weighted by atomic mass is 9.87. The molecule has 0 spiro atoms. The van der Waals surface area contributed by atoms with Crippen molar-refractivity contribution in [1.82, 2.24) is 0 Å². The number of benzene rings is 1. The minimum Gasteiger partial charge on any atom is -0.385 e. The summed E-state index contributed by atoms with van der Waals surface area (Å²) in [6.07, 6.45) is 8.61. The zero-order chi connectivity index (χ0) is 12.1. The Balaban J connectivity index is 1.77. The van der Waals surface area contributed by atoms with Gasteiger partial charge in [0.1, 0.15) is 0 Å². The van der Waals surface area contributed by atoms with Gasteiger partial charge in [-0.3, -0.25) is 0 Å². The van der Waals surface area contributed by atoms with Gasteiger partial charge in [0.15, 0.2) is 0 Å². The van der Waals surface area contributed by atoms with Crippen LogP contribution in [0.25, 0.3) is 0 Å². The van der Waals surface area contributed by atoms with Crippen LogP contribution in [-0.2, 0) is 0 Å². The number of nitrogens with one attached hydrogen (secondary N) is 1. The average molecular weight is 231 g/mol. The Hall–Kier alpha value is -0.980. The minimum absolute atomic E-state index is 0.974. The van der Waals surface area contributed by atoms with Gasteiger partial charge < -0.3 is 5.32 Å². The van der Waals surface area contributed by atoms with Crippen molar-refractivity contribution < 1.29 is 0 Å². The van der Waals surface area contributed by atoms with E-state index in [2.05, 4.69) is 37.4 Å². The van der Waals surface area contributed by atoms with E-state index in [0.717, 1.165) is 12.5 Å². The summed E-state index contributed by atoms with van der Waals surface area (Å²) in [4.78, 5) is 0. The number of hydrogen-bond acceptors (Lipinski definition) is 1. The molecule has 1 nitrogen and oxygen atoms in total. The van der Waals surface area contributed by atoms with Gasteiger partial charge >= 0.3 is 0 Å². The van der Waals surface area contributed by atoms with Crippen LogP contribution in [0.15, 0.2) is 18.2 Å². The van der Waals surface area contributed by atoms with E-state index in [1.807, 2.05) is 0 Å². The van der Waals surface area contributed by atoms with E-state index >= 15 is 0 Å². The van der Waals surface area contributed by atoms with E-state index in [1.165, 1.54) is 55.3 Å². The van der Waals surface area contributed by atoms with Crippen molar-refractivity contribution in [2.24, 2.45) is 5.92 Å². The molecule has 1 N–H and O–H groups in total. The van der Waals surface area contributed by atoms with Gasteiger partial charge in [-0.15, -0.1) is 0 Å². The smallest absolute Gasteiger partial charge is 0.0345 e. The Bertz CT molecular complexity index is 330. The molecule has 0 saturated heterocycles. The molecule has 17 heavy (non-hydrogen) atoms. The first-order chi connectivity index (χ1) is 8.24. The molecule has 1 aliphatic rings. The van der Waals surface area contributed by atoms with Crippen LogP contribution in [0.4, 0.5) is 5.69 Å². The summed E-state index contributed by atoms with van der Waals surface area (Å²) in [5.74, 6) is 0.974. The highest BCUT2D eigenvalue weighted by molar-refractivity contribution is 5.48. The van der Waals surface area contributed by atoms with Crippen LogP contribution in [0.1, 0.15) is 49.7 Å². The maximum absolute atomic E-state index is 3.57. The molecule has 1 aromatic carbocycles. The fourth-order valence-corrected chi connectivity index (χ4v) is 2.97. The summed E-state index contributed by atoms with van der Waals surface area (Å²) in [6.45, 7) is 5.46. The van der Waals surface area contributed by atoms with Crippen molar-refractivity contribution >= 4 is 5.69 Å². The van der Waals surface area contributed by atoms with Gasteiger partial charge in [-0.25, -0.2) is 0 Å². The fraction of sp³-hybridized carbons (Fsp3) is 0.625. The third kappa shape index (κ3) is 4.07. The van der Waals surface area contributed by atoms with Crippen molar-refractivity contribution in [3.63, 3.8) is 0 Å². The molecule has 1 fully saturated rings. The monoisotopic (exact) mass is 231 g/mol. The zero-order valence-corrected chi connectivity index (χ0v) is 11.3. The van der Waals surface area contributed by atoms with Gasteiger partial charge in [0.2, 0.25) is 0 Å². The topological polar surface area (TPSA) is 12.0 Å². The van der Waals surface area contributed by atoms with Crippen LogP contribution < -0.4 is 5.32 Å². The van der Waals surface area contributed by atoms with E-state index in [9.17, 15) is 0 Å². The molecule has 0 bridgehead atoms. The predicted octanol–water partition coefficient (Wildman–Crippen LogP) is 4.69.